The van der Waals surface area contributed by atoms with Gasteiger partial charge in [-0.15, -0.1) is 0 Å². The van der Waals surface area contributed by atoms with E-state index in [1.807, 2.05) is 17.6 Å². The van der Waals surface area contributed by atoms with E-state index in [2.05, 4.69) is 10.3 Å². The minimum absolute atomic E-state index is 0.441. The van der Waals surface area contributed by atoms with Gasteiger partial charge in [0.15, 0.2) is 5.16 Å². The van der Waals surface area contributed by atoms with Crippen LogP contribution >= 0.6 is 23.4 Å². The lowest BCUT2D eigenvalue weighted by Gasteiger charge is -2.14. The highest BCUT2D eigenvalue weighted by molar-refractivity contribution is 8.00. The van der Waals surface area contributed by atoms with E-state index in [1.165, 1.54) is 17.8 Å². The fourth-order valence-electron chi connectivity index (χ4n) is 2.66. The number of carbonyl (C=O) groups is 1. The van der Waals surface area contributed by atoms with Crippen molar-refractivity contribution in [3.63, 3.8) is 0 Å². The maximum absolute atomic E-state index is 13.8. The van der Waals surface area contributed by atoms with Gasteiger partial charge in [0, 0.05) is 11.6 Å². The molecule has 1 atom stereocenters. The number of hydrogen-bond donors (Lipinski definition) is 1. The minimum Gasteiger partial charge on any atom is -0.320 e. The van der Waals surface area contributed by atoms with E-state index >= 15 is 0 Å². The predicted octanol–water partition coefficient (Wildman–Crippen LogP) is 5.50. The standard InChI is InChI=1S/C19H18ClF2N3OS/c1-3-9-25-16-8-7-12(20)10-15(16)23-19(25)27-11(2)18(26)24-17-13(21)5-4-6-14(17)22/h4-8,10-11H,3,9H2,1-2H3,(H,24,26). The molecule has 0 spiro atoms. The van der Waals surface area contributed by atoms with Crippen LogP contribution in [0.3, 0.4) is 0 Å². The molecule has 0 fully saturated rings. The molecule has 2 aromatic carbocycles. The molecule has 0 saturated carbocycles. The largest absolute Gasteiger partial charge is 0.320 e. The van der Waals surface area contributed by atoms with Crippen LogP contribution in [0.1, 0.15) is 20.3 Å². The second-order valence-electron chi connectivity index (χ2n) is 6.03. The molecule has 1 unspecified atom stereocenters. The van der Waals surface area contributed by atoms with Gasteiger partial charge in [-0.05, 0) is 43.7 Å². The van der Waals surface area contributed by atoms with Crippen molar-refractivity contribution in [1.29, 1.82) is 0 Å². The third kappa shape index (κ3) is 4.25. The van der Waals surface area contributed by atoms with Crippen LogP contribution in [0.2, 0.25) is 5.02 Å². The quantitative estimate of drug-likeness (QED) is 0.547. The fraction of sp³-hybridized carbons (Fsp3) is 0.263. The van der Waals surface area contributed by atoms with Gasteiger partial charge in [-0.3, -0.25) is 4.79 Å². The minimum atomic E-state index is -0.812. The number of anilines is 1. The second-order valence-corrected chi connectivity index (χ2v) is 7.77. The highest BCUT2D eigenvalue weighted by Gasteiger charge is 2.21. The van der Waals surface area contributed by atoms with Gasteiger partial charge in [-0.25, -0.2) is 13.8 Å². The van der Waals surface area contributed by atoms with E-state index in [-0.39, 0.29) is 0 Å². The number of benzene rings is 2. The molecule has 0 bridgehead atoms. The molecule has 0 radical (unpaired) electrons. The molecular formula is C19H18ClF2N3OS. The van der Waals surface area contributed by atoms with Crippen LogP contribution in [0, 0.1) is 11.6 Å². The van der Waals surface area contributed by atoms with Crippen LogP contribution in [0.5, 0.6) is 0 Å². The van der Waals surface area contributed by atoms with Crippen LogP contribution in [0.4, 0.5) is 14.5 Å². The highest BCUT2D eigenvalue weighted by Crippen LogP contribution is 2.30. The van der Waals surface area contributed by atoms with Crippen LogP contribution in [0.15, 0.2) is 41.6 Å². The summed E-state index contributed by atoms with van der Waals surface area (Å²) in [5.41, 5.74) is 1.23. The number of aromatic nitrogens is 2. The van der Waals surface area contributed by atoms with Gasteiger partial charge < -0.3 is 9.88 Å². The third-order valence-electron chi connectivity index (χ3n) is 3.98. The Hall–Kier alpha value is -2.12. The van der Waals surface area contributed by atoms with Gasteiger partial charge in [-0.2, -0.15) is 0 Å². The first-order valence-electron chi connectivity index (χ1n) is 8.48. The first-order valence-corrected chi connectivity index (χ1v) is 9.73. The Labute approximate surface area is 164 Å². The van der Waals surface area contributed by atoms with Crippen molar-refractivity contribution in [3.8, 4) is 0 Å². The number of carbonyl (C=O) groups excluding carboxylic acids is 1. The van der Waals surface area contributed by atoms with Crippen molar-refractivity contribution in [2.45, 2.75) is 37.2 Å². The normalized spacial score (nSPS) is 12.3. The van der Waals surface area contributed by atoms with E-state index in [1.54, 1.807) is 19.1 Å². The molecule has 4 nitrogen and oxygen atoms in total. The number of amides is 1. The Morgan fingerprint density at radius 2 is 2.00 bits per heavy atom. The molecule has 1 heterocycles. The summed E-state index contributed by atoms with van der Waals surface area (Å²) in [5.74, 6) is -2.13. The first kappa shape index (κ1) is 19.6. The lowest BCUT2D eigenvalue weighted by molar-refractivity contribution is -0.115. The number of hydrogen-bond acceptors (Lipinski definition) is 3. The third-order valence-corrected chi connectivity index (χ3v) is 5.31. The second kappa shape index (κ2) is 8.27. The van der Waals surface area contributed by atoms with Crippen molar-refractivity contribution in [1.82, 2.24) is 9.55 Å². The molecule has 0 saturated heterocycles. The number of imidazole rings is 1. The van der Waals surface area contributed by atoms with Gasteiger partial charge in [0.05, 0.1) is 16.3 Å². The molecule has 27 heavy (non-hydrogen) atoms. The SMILES string of the molecule is CCCn1c(SC(C)C(=O)Nc2c(F)cccc2F)nc2cc(Cl)ccc21. The van der Waals surface area contributed by atoms with Gasteiger partial charge in [0.2, 0.25) is 5.91 Å². The predicted molar refractivity (Wildman–Crippen MR) is 105 cm³/mol. The number of nitrogens with zero attached hydrogens (tertiary/aromatic N) is 2. The average molecular weight is 410 g/mol. The molecule has 0 aliphatic heterocycles. The Bertz CT molecular complexity index is 972. The van der Waals surface area contributed by atoms with Crippen LogP contribution in [-0.2, 0) is 11.3 Å². The number of thioether (sulfide) groups is 1. The molecular weight excluding hydrogens is 392 g/mol. The van der Waals surface area contributed by atoms with Crippen molar-refractivity contribution in [2.24, 2.45) is 0 Å². The molecule has 0 aliphatic rings. The van der Waals surface area contributed by atoms with Crippen molar-refractivity contribution in [2.75, 3.05) is 5.32 Å². The van der Waals surface area contributed by atoms with Crippen molar-refractivity contribution >= 4 is 46.0 Å². The maximum atomic E-state index is 13.8. The summed E-state index contributed by atoms with van der Waals surface area (Å²) in [6.45, 7) is 4.45. The summed E-state index contributed by atoms with van der Waals surface area (Å²) in [7, 11) is 0. The van der Waals surface area contributed by atoms with Gasteiger partial charge in [-0.1, -0.05) is 36.4 Å². The Balaban J connectivity index is 1.83. The smallest absolute Gasteiger partial charge is 0.237 e. The maximum Gasteiger partial charge on any atom is 0.237 e. The van der Waals surface area contributed by atoms with Crippen LogP contribution in [-0.4, -0.2) is 20.7 Å². The monoisotopic (exact) mass is 409 g/mol. The summed E-state index contributed by atoms with van der Waals surface area (Å²) >= 11 is 7.27. The number of halogens is 3. The van der Waals surface area contributed by atoms with E-state index in [0.29, 0.717) is 10.2 Å². The number of rotatable bonds is 6. The topological polar surface area (TPSA) is 46.9 Å². The van der Waals surface area contributed by atoms with Crippen LogP contribution < -0.4 is 5.32 Å². The molecule has 3 aromatic rings. The Morgan fingerprint density at radius 1 is 1.30 bits per heavy atom. The van der Waals surface area contributed by atoms with Gasteiger partial charge in [0.1, 0.15) is 17.3 Å². The molecule has 8 heteroatoms. The number of fused-ring (bicyclic) bond motifs is 1. The summed E-state index contributed by atoms with van der Waals surface area (Å²) in [4.78, 5) is 17.0. The lowest BCUT2D eigenvalue weighted by Crippen LogP contribution is -2.24. The molecule has 3 rings (SSSR count). The highest BCUT2D eigenvalue weighted by atomic mass is 35.5. The zero-order valence-corrected chi connectivity index (χ0v) is 16.4. The molecule has 1 aromatic heterocycles. The van der Waals surface area contributed by atoms with Crippen molar-refractivity contribution in [3.05, 3.63) is 53.1 Å². The summed E-state index contributed by atoms with van der Waals surface area (Å²) in [5, 5.41) is 2.96. The molecule has 1 N–H and O–H groups in total. The zero-order chi connectivity index (χ0) is 19.6. The summed E-state index contributed by atoms with van der Waals surface area (Å²) in [6, 6.07) is 8.90. The number of nitrogens with one attached hydrogen (secondary N) is 1. The Kier molecular flexibility index (Phi) is 6.01. The molecule has 142 valence electrons. The van der Waals surface area contributed by atoms with E-state index in [4.69, 9.17) is 11.6 Å². The van der Waals surface area contributed by atoms with E-state index in [9.17, 15) is 13.6 Å². The van der Waals surface area contributed by atoms with Gasteiger partial charge >= 0.3 is 0 Å². The average Bonchev–Trinajstić information content (AvgIpc) is 2.94. The van der Waals surface area contributed by atoms with E-state index < -0.39 is 28.5 Å². The van der Waals surface area contributed by atoms with Crippen LogP contribution in [0.25, 0.3) is 11.0 Å². The number of aryl methyl sites for hydroxylation is 1. The summed E-state index contributed by atoms with van der Waals surface area (Å²) < 4.78 is 29.5. The van der Waals surface area contributed by atoms with Crippen molar-refractivity contribution < 1.29 is 13.6 Å². The molecule has 0 aliphatic carbocycles. The zero-order valence-electron chi connectivity index (χ0n) is 14.8. The van der Waals surface area contributed by atoms with Gasteiger partial charge in [0.25, 0.3) is 0 Å². The Morgan fingerprint density at radius 3 is 2.67 bits per heavy atom. The first-order chi connectivity index (χ1) is 12.9. The fourth-order valence-corrected chi connectivity index (χ4v) is 3.78. The number of para-hydroxylation sites is 1. The molecule has 1 amide bonds. The van der Waals surface area contributed by atoms with E-state index in [0.717, 1.165) is 36.1 Å². The summed E-state index contributed by atoms with van der Waals surface area (Å²) in [6.07, 6.45) is 0.892. The lowest BCUT2D eigenvalue weighted by atomic mass is 10.3.